The topological polar surface area (TPSA) is 0 Å². The summed E-state index contributed by atoms with van der Waals surface area (Å²) in [6.07, 6.45) is 5.54. The molecule has 0 rings (SSSR count). The Hall–Kier alpha value is 0.480. The monoisotopic (exact) mass is 220 g/mol. The van der Waals surface area contributed by atoms with Crippen LogP contribution in [0, 0.1) is 11.8 Å². The van der Waals surface area contributed by atoms with E-state index in [0.29, 0.717) is 0 Å². The Kier molecular flexibility index (Phi) is 7.46. The molecule has 0 radical (unpaired) electrons. The summed E-state index contributed by atoms with van der Waals surface area (Å²) in [6.45, 7) is 6.95. The van der Waals surface area contributed by atoms with Crippen molar-refractivity contribution in [3.63, 3.8) is 0 Å². The van der Waals surface area contributed by atoms with Gasteiger partial charge >= 0.3 is 0 Å². The Morgan fingerprint density at radius 2 is 1.64 bits per heavy atom. The summed E-state index contributed by atoms with van der Waals surface area (Å²) in [7, 11) is 0. The minimum Gasteiger partial charge on any atom is -0.0928 e. The standard InChI is InChI=1S/C10H21Br/c1-9(2)5-4-6-10(3)7-8-11/h9-10H,4-8H2,1-3H3/t10-/m0/s1. The van der Waals surface area contributed by atoms with Gasteiger partial charge in [-0.2, -0.15) is 0 Å². The van der Waals surface area contributed by atoms with Crippen LogP contribution in [-0.4, -0.2) is 5.33 Å². The van der Waals surface area contributed by atoms with Gasteiger partial charge in [0.25, 0.3) is 0 Å². The van der Waals surface area contributed by atoms with Crippen LogP contribution in [0.1, 0.15) is 46.5 Å². The molecule has 0 aromatic heterocycles. The molecule has 0 N–H and O–H groups in total. The summed E-state index contributed by atoms with van der Waals surface area (Å²) in [6, 6.07) is 0. The Balaban J connectivity index is 3.10. The fraction of sp³-hybridized carbons (Fsp3) is 1.00. The highest BCUT2D eigenvalue weighted by molar-refractivity contribution is 9.09. The normalized spacial score (nSPS) is 13.9. The van der Waals surface area contributed by atoms with Crippen LogP contribution in [0.25, 0.3) is 0 Å². The molecule has 0 heterocycles. The lowest BCUT2D eigenvalue weighted by Gasteiger charge is -2.09. The van der Waals surface area contributed by atoms with Gasteiger partial charge in [0, 0.05) is 5.33 Å². The molecule has 0 nitrogen and oxygen atoms in total. The highest BCUT2D eigenvalue weighted by atomic mass is 79.9. The smallest absolute Gasteiger partial charge is 0.00338 e. The van der Waals surface area contributed by atoms with Crippen LogP contribution in [0.3, 0.4) is 0 Å². The van der Waals surface area contributed by atoms with E-state index in [1.165, 1.54) is 25.7 Å². The zero-order valence-corrected chi connectivity index (χ0v) is 9.65. The maximum atomic E-state index is 3.47. The van der Waals surface area contributed by atoms with Crippen molar-refractivity contribution in [2.45, 2.75) is 46.5 Å². The minimum atomic E-state index is 0.881. The van der Waals surface area contributed by atoms with Crippen molar-refractivity contribution in [2.75, 3.05) is 5.33 Å². The van der Waals surface area contributed by atoms with Crippen molar-refractivity contribution in [3.05, 3.63) is 0 Å². The van der Waals surface area contributed by atoms with Gasteiger partial charge in [-0.3, -0.25) is 0 Å². The molecule has 0 bridgehead atoms. The summed E-state index contributed by atoms with van der Waals surface area (Å²) in [5.41, 5.74) is 0. The van der Waals surface area contributed by atoms with Gasteiger partial charge in [0.2, 0.25) is 0 Å². The quantitative estimate of drug-likeness (QED) is 0.588. The molecule has 0 amide bonds. The van der Waals surface area contributed by atoms with Crippen LogP contribution >= 0.6 is 15.9 Å². The van der Waals surface area contributed by atoms with Gasteiger partial charge in [-0.15, -0.1) is 0 Å². The molecule has 0 fully saturated rings. The van der Waals surface area contributed by atoms with Gasteiger partial charge < -0.3 is 0 Å². The number of hydrogen-bond acceptors (Lipinski definition) is 0. The summed E-state index contributed by atoms with van der Waals surface area (Å²) in [5, 5.41) is 1.16. The third-order valence-corrected chi connectivity index (χ3v) is 2.54. The van der Waals surface area contributed by atoms with Crippen LogP contribution in [0.4, 0.5) is 0 Å². The lowest BCUT2D eigenvalue weighted by Crippen LogP contribution is -1.96. The molecule has 0 aromatic rings. The second-order valence-corrected chi connectivity index (χ2v) is 4.70. The van der Waals surface area contributed by atoms with Gasteiger partial charge in [-0.25, -0.2) is 0 Å². The van der Waals surface area contributed by atoms with E-state index >= 15 is 0 Å². The van der Waals surface area contributed by atoms with E-state index in [2.05, 4.69) is 36.7 Å². The average molecular weight is 221 g/mol. The lowest BCUT2D eigenvalue weighted by atomic mass is 9.98. The summed E-state index contributed by atoms with van der Waals surface area (Å²) in [5.74, 6) is 1.79. The van der Waals surface area contributed by atoms with E-state index in [9.17, 15) is 0 Å². The van der Waals surface area contributed by atoms with E-state index < -0.39 is 0 Å². The maximum Gasteiger partial charge on any atom is 0.00338 e. The van der Waals surface area contributed by atoms with E-state index in [0.717, 1.165) is 17.2 Å². The molecule has 0 saturated carbocycles. The third kappa shape index (κ3) is 8.39. The molecular weight excluding hydrogens is 200 g/mol. The molecular formula is C10H21Br. The predicted octanol–water partition coefficient (Wildman–Crippen LogP) is 4.23. The highest BCUT2D eigenvalue weighted by Gasteiger charge is 2.01. The summed E-state index contributed by atoms with van der Waals surface area (Å²) in [4.78, 5) is 0. The first-order valence-electron chi connectivity index (χ1n) is 4.72. The molecule has 0 aliphatic heterocycles. The van der Waals surface area contributed by atoms with Crippen molar-refractivity contribution in [3.8, 4) is 0 Å². The second-order valence-electron chi connectivity index (χ2n) is 3.91. The Morgan fingerprint density at radius 3 is 2.09 bits per heavy atom. The van der Waals surface area contributed by atoms with Crippen LogP contribution in [-0.2, 0) is 0 Å². The van der Waals surface area contributed by atoms with Crippen molar-refractivity contribution in [1.82, 2.24) is 0 Å². The van der Waals surface area contributed by atoms with Gasteiger partial charge in [-0.05, 0) is 18.3 Å². The Labute approximate surface area is 79.9 Å². The largest absolute Gasteiger partial charge is 0.0928 e. The summed E-state index contributed by atoms with van der Waals surface area (Å²) < 4.78 is 0. The molecule has 0 saturated heterocycles. The van der Waals surface area contributed by atoms with E-state index in [1.807, 2.05) is 0 Å². The average Bonchev–Trinajstić information content (AvgIpc) is 1.87. The molecule has 0 unspecified atom stereocenters. The summed E-state index contributed by atoms with van der Waals surface area (Å²) >= 11 is 3.47. The molecule has 0 aliphatic rings. The zero-order valence-electron chi connectivity index (χ0n) is 8.07. The van der Waals surface area contributed by atoms with Gasteiger partial charge in [0.1, 0.15) is 0 Å². The van der Waals surface area contributed by atoms with Gasteiger partial charge in [-0.1, -0.05) is 56.0 Å². The zero-order chi connectivity index (χ0) is 8.69. The molecule has 1 atom stereocenters. The van der Waals surface area contributed by atoms with Crippen LogP contribution in [0.5, 0.6) is 0 Å². The minimum absolute atomic E-state index is 0.881. The fourth-order valence-electron chi connectivity index (χ4n) is 1.21. The van der Waals surface area contributed by atoms with Gasteiger partial charge in [0.15, 0.2) is 0 Å². The predicted molar refractivity (Wildman–Crippen MR) is 56.3 cm³/mol. The SMILES string of the molecule is CC(C)CCC[C@H](C)CCBr. The lowest BCUT2D eigenvalue weighted by molar-refractivity contribution is 0.452. The number of halogens is 1. The van der Waals surface area contributed by atoms with Crippen molar-refractivity contribution >= 4 is 15.9 Å². The molecule has 11 heavy (non-hydrogen) atoms. The van der Waals surface area contributed by atoms with E-state index in [4.69, 9.17) is 0 Å². The molecule has 1 heteroatoms. The van der Waals surface area contributed by atoms with Crippen molar-refractivity contribution in [2.24, 2.45) is 11.8 Å². The van der Waals surface area contributed by atoms with E-state index in [-0.39, 0.29) is 0 Å². The van der Waals surface area contributed by atoms with Crippen molar-refractivity contribution < 1.29 is 0 Å². The second kappa shape index (κ2) is 7.15. The van der Waals surface area contributed by atoms with E-state index in [1.54, 1.807) is 0 Å². The first-order valence-corrected chi connectivity index (χ1v) is 5.85. The molecule has 0 aromatic carbocycles. The molecule has 68 valence electrons. The molecule has 0 aliphatic carbocycles. The Bertz CT molecular complexity index is 78.9. The number of rotatable bonds is 6. The molecule has 0 spiro atoms. The first-order chi connectivity index (χ1) is 5.16. The van der Waals surface area contributed by atoms with Crippen molar-refractivity contribution in [1.29, 1.82) is 0 Å². The van der Waals surface area contributed by atoms with Crippen LogP contribution in [0.15, 0.2) is 0 Å². The third-order valence-electron chi connectivity index (χ3n) is 2.08. The van der Waals surface area contributed by atoms with Crippen LogP contribution in [0.2, 0.25) is 0 Å². The number of alkyl halides is 1. The first kappa shape index (κ1) is 11.5. The van der Waals surface area contributed by atoms with Gasteiger partial charge in [0.05, 0.1) is 0 Å². The number of hydrogen-bond donors (Lipinski definition) is 0. The maximum absolute atomic E-state index is 3.47. The highest BCUT2D eigenvalue weighted by Crippen LogP contribution is 2.15. The fourth-order valence-corrected chi connectivity index (χ4v) is 1.99. The Morgan fingerprint density at radius 1 is 1.00 bits per heavy atom. The van der Waals surface area contributed by atoms with Crippen LogP contribution < -0.4 is 0 Å².